The number of carboxylic acids is 1. The zero-order valence-corrected chi connectivity index (χ0v) is 16.0. The first-order chi connectivity index (χ1) is 13.5. The van der Waals surface area contributed by atoms with Gasteiger partial charge in [0.2, 0.25) is 5.91 Å². The molecule has 2 N–H and O–H groups in total. The number of nitrogens with zero attached hydrogens (tertiary/aromatic N) is 2. The normalized spacial score (nSPS) is 29.4. The third-order valence-electron chi connectivity index (χ3n) is 6.69. The number of carboxylic acid groups (broad SMARTS) is 1. The van der Waals surface area contributed by atoms with Crippen LogP contribution in [0.3, 0.4) is 0 Å². The van der Waals surface area contributed by atoms with Crippen LogP contribution in [0.2, 0.25) is 0 Å². The van der Waals surface area contributed by atoms with Gasteiger partial charge in [-0.1, -0.05) is 24.6 Å². The number of hydrogen-bond acceptors (Lipinski definition) is 3. The quantitative estimate of drug-likeness (QED) is 0.837. The summed E-state index contributed by atoms with van der Waals surface area (Å²) in [5.41, 5.74) is -0.0222. The van der Waals surface area contributed by atoms with Gasteiger partial charge in [-0.05, 0) is 43.7 Å². The molecule has 1 saturated carbocycles. The second-order valence-corrected chi connectivity index (χ2v) is 8.35. The number of nitrogens with one attached hydrogen (secondary N) is 1. The van der Waals surface area contributed by atoms with E-state index in [0.29, 0.717) is 32.6 Å². The van der Waals surface area contributed by atoms with Crippen molar-refractivity contribution in [2.45, 2.75) is 32.1 Å². The van der Waals surface area contributed by atoms with Crippen LogP contribution in [0, 0.1) is 17.3 Å². The zero-order valence-electron chi connectivity index (χ0n) is 16.0. The topological polar surface area (TPSA) is 90.0 Å². The molecule has 1 aliphatic carbocycles. The first kappa shape index (κ1) is 18.8. The summed E-state index contributed by atoms with van der Waals surface area (Å²) in [5, 5.41) is 12.6. The molecule has 0 radical (unpaired) electrons. The predicted molar refractivity (Wildman–Crippen MR) is 104 cm³/mol. The van der Waals surface area contributed by atoms with Crippen molar-refractivity contribution in [1.82, 2.24) is 9.80 Å². The molecule has 7 nitrogen and oxygen atoms in total. The van der Waals surface area contributed by atoms with Gasteiger partial charge in [0.1, 0.15) is 0 Å². The van der Waals surface area contributed by atoms with E-state index in [1.54, 1.807) is 9.80 Å². The van der Waals surface area contributed by atoms with Crippen molar-refractivity contribution in [3.63, 3.8) is 0 Å². The maximum atomic E-state index is 13.1. The lowest BCUT2D eigenvalue weighted by atomic mass is 9.81. The minimum Gasteiger partial charge on any atom is -0.481 e. The number of rotatable bonds is 3. The Hall–Kier alpha value is -2.57. The van der Waals surface area contributed by atoms with Crippen LogP contribution in [0.15, 0.2) is 30.3 Å². The first-order valence-corrected chi connectivity index (χ1v) is 10.1. The van der Waals surface area contributed by atoms with Crippen LogP contribution >= 0.6 is 0 Å². The van der Waals surface area contributed by atoms with Gasteiger partial charge in [0.25, 0.3) is 0 Å². The molecule has 4 rings (SSSR count). The summed E-state index contributed by atoms with van der Waals surface area (Å²) in [7, 11) is 0. The molecule has 0 aromatic heterocycles. The fourth-order valence-electron chi connectivity index (χ4n) is 5.15. The molecule has 7 heteroatoms. The van der Waals surface area contributed by atoms with Crippen LogP contribution in [-0.4, -0.2) is 59.0 Å². The van der Waals surface area contributed by atoms with E-state index in [1.165, 1.54) is 0 Å². The molecule has 3 fully saturated rings. The summed E-state index contributed by atoms with van der Waals surface area (Å²) >= 11 is 0. The van der Waals surface area contributed by atoms with Crippen molar-refractivity contribution in [2.24, 2.45) is 17.3 Å². The highest BCUT2D eigenvalue weighted by Crippen LogP contribution is 2.49. The second kappa shape index (κ2) is 7.45. The molecule has 150 valence electrons. The highest BCUT2D eigenvalue weighted by Gasteiger charge is 2.56. The van der Waals surface area contributed by atoms with Gasteiger partial charge >= 0.3 is 12.0 Å². The lowest BCUT2D eigenvalue weighted by molar-refractivity contribution is -0.149. The molecule has 3 aliphatic rings. The summed E-state index contributed by atoms with van der Waals surface area (Å²) in [6.45, 7) is 1.87. The van der Waals surface area contributed by atoms with Gasteiger partial charge in [0.05, 0.1) is 11.3 Å². The van der Waals surface area contributed by atoms with Crippen molar-refractivity contribution in [2.75, 3.05) is 31.5 Å². The van der Waals surface area contributed by atoms with Crippen molar-refractivity contribution in [3.05, 3.63) is 30.3 Å². The lowest BCUT2D eigenvalue weighted by Crippen LogP contribution is -2.48. The van der Waals surface area contributed by atoms with Gasteiger partial charge in [-0.3, -0.25) is 9.59 Å². The number of aliphatic carboxylic acids is 1. The Morgan fingerprint density at radius 1 is 1.04 bits per heavy atom. The van der Waals surface area contributed by atoms with Crippen LogP contribution < -0.4 is 5.32 Å². The van der Waals surface area contributed by atoms with E-state index in [1.807, 2.05) is 30.3 Å². The van der Waals surface area contributed by atoms with E-state index in [4.69, 9.17) is 0 Å². The maximum absolute atomic E-state index is 13.1. The van der Waals surface area contributed by atoms with E-state index >= 15 is 0 Å². The largest absolute Gasteiger partial charge is 0.481 e. The zero-order chi connectivity index (χ0) is 19.7. The van der Waals surface area contributed by atoms with E-state index in [-0.39, 0.29) is 23.8 Å². The number of anilines is 1. The average molecular weight is 385 g/mol. The van der Waals surface area contributed by atoms with Crippen LogP contribution in [0.25, 0.3) is 0 Å². The van der Waals surface area contributed by atoms with Gasteiger partial charge in [0, 0.05) is 31.9 Å². The maximum Gasteiger partial charge on any atom is 0.321 e. The molecule has 1 aromatic carbocycles. The third-order valence-corrected chi connectivity index (χ3v) is 6.69. The predicted octanol–water partition coefficient (Wildman–Crippen LogP) is 2.64. The van der Waals surface area contributed by atoms with Crippen molar-refractivity contribution >= 4 is 23.6 Å². The molecule has 3 amide bonds. The fourth-order valence-corrected chi connectivity index (χ4v) is 5.15. The van der Waals surface area contributed by atoms with Gasteiger partial charge in [-0.15, -0.1) is 0 Å². The minimum atomic E-state index is -0.766. The van der Waals surface area contributed by atoms with Gasteiger partial charge in [-0.25, -0.2) is 4.79 Å². The lowest BCUT2D eigenvalue weighted by Gasteiger charge is -2.34. The molecule has 2 aliphatic heterocycles. The number of hydrogen-bond donors (Lipinski definition) is 2. The van der Waals surface area contributed by atoms with Gasteiger partial charge in [0.15, 0.2) is 0 Å². The number of likely N-dealkylation sites (tertiary alicyclic amines) is 2. The monoisotopic (exact) mass is 385 g/mol. The van der Waals surface area contributed by atoms with Crippen LogP contribution in [0.4, 0.5) is 10.5 Å². The third kappa shape index (κ3) is 3.34. The number of carbonyl (C=O) groups is 3. The summed E-state index contributed by atoms with van der Waals surface area (Å²) < 4.78 is 0. The number of amides is 3. The molecule has 1 unspecified atom stereocenters. The van der Waals surface area contributed by atoms with E-state index in [0.717, 1.165) is 31.4 Å². The smallest absolute Gasteiger partial charge is 0.321 e. The highest BCUT2D eigenvalue weighted by molar-refractivity contribution is 5.90. The number of para-hydroxylation sites is 1. The molecule has 28 heavy (non-hydrogen) atoms. The van der Waals surface area contributed by atoms with E-state index in [9.17, 15) is 19.5 Å². The van der Waals surface area contributed by atoms with E-state index in [2.05, 4.69) is 5.32 Å². The molecular weight excluding hydrogens is 358 g/mol. The molecular formula is C21H27N3O4. The second-order valence-electron chi connectivity index (χ2n) is 8.35. The molecule has 0 spiro atoms. The minimum absolute atomic E-state index is 0.00670. The number of carbonyl (C=O) groups excluding carboxylic acids is 2. The molecule has 3 atom stereocenters. The molecule has 0 bridgehead atoms. The SMILES string of the molecule is O=C(Nc1ccccc1)N1CCCC(C(=O)N2C[C@@H]3CCC[C@@]3(C(=O)O)C2)C1. The van der Waals surface area contributed by atoms with Crippen molar-refractivity contribution in [3.8, 4) is 0 Å². The number of fused-ring (bicyclic) bond motifs is 1. The summed E-state index contributed by atoms with van der Waals surface area (Å²) in [6, 6.07) is 9.09. The Morgan fingerprint density at radius 3 is 2.54 bits per heavy atom. The summed E-state index contributed by atoms with van der Waals surface area (Å²) in [5.74, 6) is -0.944. The van der Waals surface area contributed by atoms with Crippen LogP contribution in [0.5, 0.6) is 0 Å². The molecule has 1 aromatic rings. The Labute approximate surface area is 164 Å². The van der Waals surface area contributed by atoms with Gasteiger partial charge in [-0.2, -0.15) is 0 Å². The van der Waals surface area contributed by atoms with Crippen molar-refractivity contribution in [1.29, 1.82) is 0 Å². The first-order valence-electron chi connectivity index (χ1n) is 10.1. The Kier molecular flexibility index (Phi) is 5.00. The Morgan fingerprint density at radius 2 is 1.82 bits per heavy atom. The number of urea groups is 1. The Balaban J connectivity index is 1.39. The number of piperidine rings is 1. The van der Waals surface area contributed by atoms with Crippen LogP contribution in [0.1, 0.15) is 32.1 Å². The average Bonchev–Trinajstić information content (AvgIpc) is 3.27. The molecule has 2 heterocycles. The fraction of sp³-hybridized carbons (Fsp3) is 0.571. The standard InChI is InChI=1S/C21H27N3O4/c25-18(24-13-16-7-4-10-21(16,14-24)19(26)27)15-6-5-11-23(12-15)20(28)22-17-8-2-1-3-9-17/h1-3,8-9,15-16H,4-7,10-14H2,(H,22,28)(H,26,27)/t15?,16-,21+/m0/s1. The summed E-state index contributed by atoms with van der Waals surface area (Å²) in [4.78, 5) is 41.0. The van der Waals surface area contributed by atoms with Crippen LogP contribution in [-0.2, 0) is 9.59 Å². The molecule has 2 saturated heterocycles. The van der Waals surface area contributed by atoms with Crippen molar-refractivity contribution < 1.29 is 19.5 Å². The highest BCUT2D eigenvalue weighted by atomic mass is 16.4. The van der Waals surface area contributed by atoms with E-state index < -0.39 is 11.4 Å². The number of benzene rings is 1. The summed E-state index contributed by atoms with van der Waals surface area (Å²) in [6.07, 6.45) is 3.99. The van der Waals surface area contributed by atoms with Gasteiger partial charge < -0.3 is 20.2 Å². The Bertz CT molecular complexity index is 768.